The maximum atomic E-state index is 5.84. The Morgan fingerprint density at radius 3 is 2.38 bits per heavy atom. The van der Waals surface area contributed by atoms with Gasteiger partial charge in [-0.05, 0) is 31.0 Å². The van der Waals surface area contributed by atoms with E-state index in [4.69, 9.17) is 5.73 Å². The SMILES string of the molecule is Cc1ccc(-c2cncc(C(C)N)c2)cc1. The number of benzene rings is 1. The maximum Gasteiger partial charge on any atom is 0.0346 e. The summed E-state index contributed by atoms with van der Waals surface area (Å²) in [5, 5.41) is 0. The van der Waals surface area contributed by atoms with E-state index in [0.717, 1.165) is 11.1 Å². The topological polar surface area (TPSA) is 38.9 Å². The lowest BCUT2D eigenvalue weighted by Gasteiger charge is -2.07. The average molecular weight is 212 g/mol. The second-order valence-corrected chi connectivity index (χ2v) is 4.16. The molecule has 16 heavy (non-hydrogen) atoms. The van der Waals surface area contributed by atoms with Crippen molar-refractivity contribution in [2.45, 2.75) is 19.9 Å². The third-order valence-corrected chi connectivity index (χ3v) is 2.67. The minimum Gasteiger partial charge on any atom is -0.324 e. The van der Waals surface area contributed by atoms with Crippen LogP contribution in [0.5, 0.6) is 0 Å². The molecule has 2 aromatic rings. The van der Waals surface area contributed by atoms with E-state index in [9.17, 15) is 0 Å². The van der Waals surface area contributed by atoms with Crippen molar-refractivity contribution < 1.29 is 0 Å². The standard InChI is InChI=1S/C14H16N2/c1-10-3-5-12(6-4-10)14-7-13(11(2)15)8-16-9-14/h3-9,11H,15H2,1-2H3. The van der Waals surface area contributed by atoms with Crippen LogP contribution in [0.2, 0.25) is 0 Å². The van der Waals surface area contributed by atoms with E-state index in [1.54, 1.807) is 0 Å². The Bertz CT molecular complexity index is 472. The number of nitrogens with zero attached hydrogens (tertiary/aromatic N) is 1. The zero-order chi connectivity index (χ0) is 11.5. The van der Waals surface area contributed by atoms with Crippen LogP contribution < -0.4 is 5.73 Å². The van der Waals surface area contributed by atoms with Gasteiger partial charge in [0, 0.05) is 24.0 Å². The Morgan fingerprint density at radius 2 is 1.75 bits per heavy atom. The third kappa shape index (κ3) is 2.28. The molecule has 1 atom stereocenters. The Hall–Kier alpha value is -1.67. The highest BCUT2D eigenvalue weighted by atomic mass is 14.7. The van der Waals surface area contributed by atoms with Crippen molar-refractivity contribution in [2.75, 3.05) is 0 Å². The summed E-state index contributed by atoms with van der Waals surface area (Å²) in [4.78, 5) is 4.22. The number of hydrogen-bond donors (Lipinski definition) is 1. The Labute approximate surface area is 96.1 Å². The van der Waals surface area contributed by atoms with Crippen LogP contribution in [-0.4, -0.2) is 4.98 Å². The van der Waals surface area contributed by atoms with Crippen molar-refractivity contribution in [3.8, 4) is 11.1 Å². The summed E-state index contributed by atoms with van der Waals surface area (Å²) in [6.45, 7) is 4.05. The fourth-order valence-electron chi connectivity index (χ4n) is 1.61. The molecule has 0 saturated carbocycles. The van der Waals surface area contributed by atoms with Crippen molar-refractivity contribution in [2.24, 2.45) is 5.73 Å². The molecule has 0 radical (unpaired) electrons. The van der Waals surface area contributed by atoms with Gasteiger partial charge < -0.3 is 5.73 Å². The molecule has 1 unspecified atom stereocenters. The number of pyridine rings is 1. The van der Waals surface area contributed by atoms with Crippen LogP contribution in [0.4, 0.5) is 0 Å². The molecule has 0 saturated heterocycles. The first-order valence-corrected chi connectivity index (χ1v) is 5.44. The molecule has 0 aliphatic carbocycles. The van der Waals surface area contributed by atoms with Gasteiger partial charge in [-0.3, -0.25) is 4.98 Å². The van der Waals surface area contributed by atoms with Crippen LogP contribution in [0.25, 0.3) is 11.1 Å². The van der Waals surface area contributed by atoms with Crippen molar-refractivity contribution >= 4 is 0 Å². The Balaban J connectivity index is 2.40. The number of aromatic nitrogens is 1. The third-order valence-electron chi connectivity index (χ3n) is 2.67. The summed E-state index contributed by atoms with van der Waals surface area (Å²) in [6, 6.07) is 10.6. The van der Waals surface area contributed by atoms with Crippen molar-refractivity contribution in [3.05, 3.63) is 53.9 Å². The van der Waals surface area contributed by atoms with Gasteiger partial charge in [-0.1, -0.05) is 29.8 Å². The molecule has 1 aromatic carbocycles. The first-order chi connectivity index (χ1) is 7.66. The van der Waals surface area contributed by atoms with Gasteiger partial charge in [-0.15, -0.1) is 0 Å². The first-order valence-electron chi connectivity index (χ1n) is 5.44. The Morgan fingerprint density at radius 1 is 1.06 bits per heavy atom. The monoisotopic (exact) mass is 212 g/mol. The molecule has 0 spiro atoms. The number of rotatable bonds is 2. The summed E-state index contributed by atoms with van der Waals surface area (Å²) in [6.07, 6.45) is 3.69. The predicted octanol–water partition coefficient (Wildman–Crippen LogP) is 3.08. The van der Waals surface area contributed by atoms with Crippen molar-refractivity contribution in [1.29, 1.82) is 0 Å². The van der Waals surface area contributed by atoms with Crippen LogP contribution in [0.3, 0.4) is 0 Å². The molecule has 1 aromatic heterocycles. The summed E-state index contributed by atoms with van der Waals surface area (Å²) in [5.74, 6) is 0. The molecule has 0 fully saturated rings. The number of aryl methyl sites for hydroxylation is 1. The summed E-state index contributed by atoms with van der Waals surface area (Å²) < 4.78 is 0. The van der Waals surface area contributed by atoms with Gasteiger partial charge in [0.2, 0.25) is 0 Å². The van der Waals surface area contributed by atoms with Gasteiger partial charge in [0.1, 0.15) is 0 Å². The van der Waals surface area contributed by atoms with Crippen LogP contribution >= 0.6 is 0 Å². The fourth-order valence-corrected chi connectivity index (χ4v) is 1.61. The van der Waals surface area contributed by atoms with Gasteiger partial charge in [-0.2, -0.15) is 0 Å². The molecule has 1 heterocycles. The normalized spacial score (nSPS) is 12.4. The van der Waals surface area contributed by atoms with Gasteiger partial charge in [0.15, 0.2) is 0 Å². The van der Waals surface area contributed by atoms with Crippen LogP contribution in [-0.2, 0) is 0 Å². The molecule has 0 aliphatic rings. The zero-order valence-corrected chi connectivity index (χ0v) is 9.64. The highest BCUT2D eigenvalue weighted by Crippen LogP contribution is 2.21. The van der Waals surface area contributed by atoms with Crippen molar-refractivity contribution in [1.82, 2.24) is 4.98 Å². The molecule has 2 heteroatoms. The van der Waals surface area contributed by atoms with Crippen molar-refractivity contribution in [3.63, 3.8) is 0 Å². The van der Waals surface area contributed by atoms with Gasteiger partial charge >= 0.3 is 0 Å². The largest absolute Gasteiger partial charge is 0.324 e. The molecule has 0 amide bonds. The highest BCUT2D eigenvalue weighted by molar-refractivity contribution is 5.63. The quantitative estimate of drug-likeness (QED) is 0.830. The van der Waals surface area contributed by atoms with Gasteiger partial charge in [0.25, 0.3) is 0 Å². The van der Waals surface area contributed by atoms with E-state index in [0.29, 0.717) is 0 Å². The van der Waals surface area contributed by atoms with Gasteiger partial charge in [0.05, 0.1) is 0 Å². The molecule has 2 rings (SSSR count). The molecule has 82 valence electrons. The van der Waals surface area contributed by atoms with E-state index in [1.165, 1.54) is 11.1 Å². The van der Waals surface area contributed by atoms with Gasteiger partial charge in [-0.25, -0.2) is 0 Å². The lowest BCUT2D eigenvalue weighted by Crippen LogP contribution is -2.05. The van der Waals surface area contributed by atoms with Crippen LogP contribution in [0.15, 0.2) is 42.7 Å². The lowest BCUT2D eigenvalue weighted by atomic mass is 10.0. The smallest absolute Gasteiger partial charge is 0.0346 e. The predicted molar refractivity (Wildman–Crippen MR) is 67.0 cm³/mol. The highest BCUT2D eigenvalue weighted by Gasteiger charge is 2.03. The molecule has 2 N–H and O–H groups in total. The van der Waals surface area contributed by atoms with Crippen LogP contribution in [0.1, 0.15) is 24.1 Å². The van der Waals surface area contributed by atoms with E-state index < -0.39 is 0 Å². The first kappa shape index (κ1) is 10.8. The molecule has 0 bridgehead atoms. The summed E-state index contributed by atoms with van der Waals surface area (Å²) >= 11 is 0. The van der Waals surface area contributed by atoms with E-state index >= 15 is 0 Å². The number of nitrogens with two attached hydrogens (primary N) is 1. The average Bonchev–Trinajstić information content (AvgIpc) is 2.30. The maximum absolute atomic E-state index is 5.84. The lowest BCUT2D eigenvalue weighted by molar-refractivity contribution is 0.812. The number of hydrogen-bond acceptors (Lipinski definition) is 2. The fraction of sp³-hybridized carbons (Fsp3) is 0.214. The second kappa shape index (κ2) is 4.45. The molecular formula is C14H16N2. The summed E-state index contributed by atoms with van der Waals surface area (Å²) in [7, 11) is 0. The second-order valence-electron chi connectivity index (χ2n) is 4.16. The molecule has 0 aliphatic heterocycles. The summed E-state index contributed by atoms with van der Waals surface area (Å²) in [5.41, 5.74) is 10.5. The zero-order valence-electron chi connectivity index (χ0n) is 9.64. The van der Waals surface area contributed by atoms with E-state index in [1.807, 2.05) is 19.3 Å². The van der Waals surface area contributed by atoms with E-state index in [-0.39, 0.29) is 6.04 Å². The van der Waals surface area contributed by atoms with E-state index in [2.05, 4.69) is 42.2 Å². The minimum absolute atomic E-state index is 0.0258. The van der Waals surface area contributed by atoms with Crippen LogP contribution in [0, 0.1) is 6.92 Å². The molecular weight excluding hydrogens is 196 g/mol. The Kier molecular flexibility index (Phi) is 3.02. The molecule has 2 nitrogen and oxygen atoms in total. The minimum atomic E-state index is 0.0258.